The minimum Gasteiger partial charge on any atom is -0.493 e. The Hall–Kier alpha value is -1.65. The van der Waals surface area contributed by atoms with Crippen molar-refractivity contribution < 1.29 is 13.5 Å². The van der Waals surface area contributed by atoms with Crippen LogP contribution in [0.25, 0.3) is 0 Å². The van der Waals surface area contributed by atoms with E-state index < -0.39 is 17.7 Å². The molecule has 0 spiro atoms. The Morgan fingerprint density at radius 2 is 2.05 bits per heavy atom. The number of rotatable bonds is 3. The van der Waals surface area contributed by atoms with Crippen molar-refractivity contribution in [1.82, 2.24) is 0 Å². The van der Waals surface area contributed by atoms with Gasteiger partial charge >= 0.3 is 0 Å². The van der Waals surface area contributed by atoms with Gasteiger partial charge < -0.3 is 10.5 Å². The minimum atomic E-state index is -0.660. The number of benzene rings is 2. The van der Waals surface area contributed by atoms with Crippen molar-refractivity contribution in [3.05, 3.63) is 63.7 Å². The van der Waals surface area contributed by atoms with Crippen molar-refractivity contribution in [1.29, 1.82) is 0 Å². The van der Waals surface area contributed by atoms with Gasteiger partial charge in [-0.15, -0.1) is 0 Å². The molecule has 3 rings (SSSR count). The SMILES string of the molecule is NC(Cc1cc(Cl)cc2c1OCC2)c1cc(F)ccc1F. The highest BCUT2D eigenvalue weighted by Crippen LogP contribution is 2.35. The van der Waals surface area contributed by atoms with Crippen molar-refractivity contribution in [3.63, 3.8) is 0 Å². The Bertz CT molecular complexity index is 690. The zero-order chi connectivity index (χ0) is 15.0. The highest BCUT2D eigenvalue weighted by Gasteiger charge is 2.21. The summed E-state index contributed by atoms with van der Waals surface area (Å²) in [5.74, 6) is -0.246. The van der Waals surface area contributed by atoms with E-state index in [-0.39, 0.29) is 5.56 Å². The van der Waals surface area contributed by atoms with Gasteiger partial charge in [-0.05, 0) is 47.9 Å². The molecule has 2 aromatic carbocycles. The van der Waals surface area contributed by atoms with Crippen LogP contribution in [0, 0.1) is 11.6 Å². The first-order valence-electron chi connectivity index (χ1n) is 6.69. The molecule has 110 valence electrons. The Balaban J connectivity index is 1.92. The van der Waals surface area contributed by atoms with Crippen LogP contribution in [0.15, 0.2) is 30.3 Å². The smallest absolute Gasteiger partial charge is 0.128 e. The van der Waals surface area contributed by atoms with E-state index in [0.29, 0.717) is 18.1 Å². The van der Waals surface area contributed by atoms with Gasteiger partial charge in [-0.25, -0.2) is 8.78 Å². The van der Waals surface area contributed by atoms with Gasteiger partial charge in [0.15, 0.2) is 0 Å². The molecule has 0 aliphatic carbocycles. The molecule has 1 unspecified atom stereocenters. The quantitative estimate of drug-likeness (QED) is 0.936. The van der Waals surface area contributed by atoms with E-state index in [1.54, 1.807) is 6.07 Å². The van der Waals surface area contributed by atoms with E-state index in [9.17, 15) is 8.78 Å². The lowest BCUT2D eigenvalue weighted by atomic mass is 9.97. The van der Waals surface area contributed by atoms with E-state index in [1.807, 2.05) is 6.07 Å². The molecular formula is C16H14ClF2NO. The molecule has 0 amide bonds. The first kappa shape index (κ1) is 14.3. The molecule has 0 radical (unpaired) electrons. The third-order valence-electron chi connectivity index (χ3n) is 3.62. The van der Waals surface area contributed by atoms with Crippen molar-refractivity contribution in [2.24, 2.45) is 5.73 Å². The third kappa shape index (κ3) is 2.87. The number of hydrogen-bond acceptors (Lipinski definition) is 2. The van der Waals surface area contributed by atoms with Crippen LogP contribution in [0.2, 0.25) is 5.02 Å². The maximum Gasteiger partial charge on any atom is 0.128 e. The molecule has 1 heterocycles. The summed E-state index contributed by atoms with van der Waals surface area (Å²) in [7, 11) is 0. The second kappa shape index (κ2) is 5.62. The average molecular weight is 310 g/mol. The maximum atomic E-state index is 13.8. The highest BCUT2D eigenvalue weighted by molar-refractivity contribution is 6.30. The monoisotopic (exact) mass is 309 g/mol. The van der Waals surface area contributed by atoms with Gasteiger partial charge in [-0.1, -0.05) is 11.6 Å². The molecule has 5 heteroatoms. The lowest BCUT2D eigenvalue weighted by Crippen LogP contribution is -2.16. The largest absolute Gasteiger partial charge is 0.493 e. The maximum absolute atomic E-state index is 13.8. The van der Waals surface area contributed by atoms with Crippen molar-refractivity contribution in [2.45, 2.75) is 18.9 Å². The first-order valence-corrected chi connectivity index (χ1v) is 7.07. The van der Waals surface area contributed by atoms with Gasteiger partial charge in [0.05, 0.1) is 6.61 Å². The van der Waals surface area contributed by atoms with Gasteiger partial charge in [0.1, 0.15) is 17.4 Å². The molecule has 0 saturated heterocycles. The molecule has 1 aliphatic heterocycles. The Morgan fingerprint density at radius 3 is 2.86 bits per heavy atom. The summed E-state index contributed by atoms with van der Waals surface area (Å²) >= 11 is 6.08. The molecule has 1 atom stereocenters. The van der Waals surface area contributed by atoms with E-state index in [4.69, 9.17) is 22.1 Å². The molecule has 2 nitrogen and oxygen atoms in total. The van der Waals surface area contributed by atoms with Crippen molar-refractivity contribution in [3.8, 4) is 5.75 Å². The first-order chi connectivity index (χ1) is 10.0. The summed E-state index contributed by atoms with van der Waals surface area (Å²) in [6, 6.07) is 6.26. The molecule has 21 heavy (non-hydrogen) atoms. The molecule has 2 N–H and O–H groups in total. The van der Waals surface area contributed by atoms with Gasteiger partial charge in [0, 0.05) is 23.0 Å². The van der Waals surface area contributed by atoms with Crippen LogP contribution in [0.4, 0.5) is 8.78 Å². The number of hydrogen-bond donors (Lipinski definition) is 1. The fraction of sp³-hybridized carbons (Fsp3) is 0.250. The van der Waals surface area contributed by atoms with E-state index in [1.165, 1.54) is 0 Å². The second-order valence-electron chi connectivity index (χ2n) is 5.13. The topological polar surface area (TPSA) is 35.2 Å². The Kier molecular flexibility index (Phi) is 3.83. The molecular weight excluding hydrogens is 296 g/mol. The van der Waals surface area contributed by atoms with Crippen molar-refractivity contribution in [2.75, 3.05) is 6.61 Å². The standard InChI is InChI=1S/C16H14ClF2NO/c17-11-5-9-3-4-21-16(9)10(6-11)7-15(20)13-8-12(18)1-2-14(13)19/h1-2,5-6,8,15H,3-4,7,20H2. The minimum absolute atomic E-state index is 0.154. The molecule has 0 bridgehead atoms. The van der Waals surface area contributed by atoms with E-state index in [2.05, 4.69) is 0 Å². The third-order valence-corrected chi connectivity index (χ3v) is 3.84. The number of ether oxygens (including phenoxy) is 1. The van der Waals surface area contributed by atoms with Crippen molar-refractivity contribution >= 4 is 11.6 Å². The second-order valence-corrected chi connectivity index (χ2v) is 5.56. The van der Waals surface area contributed by atoms with Crippen LogP contribution >= 0.6 is 11.6 Å². The fourth-order valence-corrected chi connectivity index (χ4v) is 2.91. The predicted molar refractivity (Wildman–Crippen MR) is 77.6 cm³/mol. The van der Waals surface area contributed by atoms with Gasteiger partial charge in [-0.3, -0.25) is 0 Å². The fourth-order valence-electron chi connectivity index (χ4n) is 2.64. The average Bonchev–Trinajstić information content (AvgIpc) is 2.89. The molecule has 1 aliphatic rings. The predicted octanol–water partition coefficient (Wildman–Crippen LogP) is 3.80. The summed E-state index contributed by atoms with van der Waals surface area (Å²) in [5, 5.41) is 0.598. The lowest BCUT2D eigenvalue weighted by molar-refractivity contribution is 0.352. The van der Waals surface area contributed by atoms with Gasteiger partial charge in [0.25, 0.3) is 0 Å². The summed E-state index contributed by atoms with van der Waals surface area (Å²) in [4.78, 5) is 0. The number of halogens is 3. The summed E-state index contributed by atoms with van der Waals surface area (Å²) in [6.07, 6.45) is 1.13. The van der Waals surface area contributed by atoms with E-state index >= 15 is 0 Å². The van der Waals surface area contributed by atoms with Gasteiger partial charge in [-0.2, -0.15) is 0 Å². The van der Waals surface area contributed by atoms with Crippen LogP contribution in [-0.4, -0.2) is 6.61 Å². The van der Waals surface area contributed by atoms with E-state index in [0.717, 1.165) is 41.5 Å². The highest BCUT2D eigenvalue weighted by atomic mass is 35.5. The normalized spacial score (nSPS) is 14.7. The number of nitrogens with two attached hydrogens (primary N) is 1. The van der Waals surface area contributed by atoms with Gasteiger partial charge in [0.2, 0.25) is 0 Å². The van der Waals surface area contributed by atoms with Crippen LogP contribution in [0.3, 0.4) is 0 Å². The van der Waals surface area contributed by atoms with Crippen LogP contribution < -0.4 is 10.5 Å². The number of fused-ring (bicyclic) bond motifs is 1. The Labute approximate surface area is 126 Å². The van der Waals surface area contributed by atoms with Crippen LogP contribution in [-0.2, 0) is 12.8 Å². The zero-order valence-electron chi connectivity index (χ0n) is 11.2. The summed E-state index contributed by atoms with van der Waals surface area (Å²) in [6.45, 7) is 0.603. The van der Waals surface area contributed by atoms with Crippen LogP contribution in [0.5, 0.6) is 5.75 Å². The summed E-state index contributed by atoms with van der Waals surface area (Å²) in [5.41, 5.74) is 8.05. The summed E-state index contributed by atoms with van der Waals surface area (Å²) < 4.78 is 32.6. The molecule has 0 aromatic heterocycles. The molecule has 0 fully saturated rings. The molecule has 0 saturated carbocycles. The Morgan fingerprint density at radius 1 is 1.24 bits per heavy atom. The molecule has 2 aromatic rings. The lowest BCUT2D eigenvalue weighted by Gasteiger charge is -2.16. The van der Waals surface area contributed by atoms with Crippen LogP contribution in [0.1, 0.15) is 22.7 Å². The zero-order valence-corrected chi connectivity index (χ0v) is 12.0.